The molecule has 1 aromatic carbocycles. The highest BCUT2D eigenvalue weighted by atomic mass is 35.5. The molecule has 1 rings (SSSR count). The maximum atomic E-state index is 8.88. The Morgan fingerprint density at radius 2 is 1.08 bits per heavy atom. The van der Waals surface area contributed by atoms with Crippen molar-refractivity contribution in [2.24, 2.45) is 0 Å². The SMILES string of the molecule is Clc1ccc(Cl)cc1.O=P(O)(O)O. The third-order valence-electron chi connectivity index (χ3n) is 0.804. The van der Waals surface area contributed by atoms with Gasteiger partial charge < -0.3 is 14.7 Å². The summed E-state index contributed by atoms with van der Waals surface area (Å²) in [5.74, 6) is 0. The van der Waals surface area contributed by atoms with E-state index in [2.05, 4.69) is 0 Å². The quantitative estimate of drug-likeness (QED) is 0.611. The molecule has 0 atom stereocenters. The van der Waals surface area contributed by atoms with Crippen LogP contribution in [0, 0.1) is 0 Å². The largest absolute Gasteiger partial charge is 0.466 e. The van der Waals surface area contributed by atoms with E-state index in [1.807, 2.05) is 0 Å². The molecule has 1 aromatic rings. The Bertz CT molecular complexity index is 265. The molecular weight excluding hydrogens is 238 g/mol. The molecule has 0 aliphatic heterocycles. The Hall–Kier alpha value is -0.0900. The van der Waals surface area contributed by atoms with Crippen LogP contribution in [0.4, 0.5) is 0 Å². The lowest BCUT2D eigenvalue weighted by atomic mass is 10.4. The summed E-state index contributed by atoms with van der Waals surface area (Å²) in [6.45, 7) is 0. The van der Waals surface area contributed by atoms with Crippen LogP contribution in [0.2, 0.25) is 10.0 Å². The van der Waals surface area contributed by atoms with Crippen LogP contribution < -0.4 is 0 Å². The summed E-state index contributed by atoms with van der Waals surface area (Å²) in [4.78, 5) is 21.6. The maximum Gasteiger partial charge on any atom is 0.466 e. The first-order valence-electron chi connectivity index (χ1n) is 2.98. The second-order valence-electron chi connectivity index (χ2n) is 1.95. The molecule has 74 valence electrons. The molecule has 0 unspecified atom stereocenters. The van der Waals surface area contributed by atoms with Crippen LogP contribution >= 0.6 is 31.0 Å². The number of benzene rings is 1. The maximum absolute atomic E-state index is 8.88. The van der Waals surface area contributed by atoms with Gasteiger partial charge in [-0.25, -0.2) is 4.57 Å². The van der Waals surface area contributed by atoms with Crippen molar-refractivity contribution < 1.29 is 19.2 Å². The predicted octanol–water partition coefficient (Wildman–Crippen LogP) is 2.06. The van der Waals surface area contributed by atoms with E-state index >= 15 is 0 Å². The summed E-state index contributed by atoms with van der Waals surface area (Å²) in [5, 5.41) is 1.43. The minimum atomic E-state index is -4.64. The van der Waals surface area contributed by atoms with Crippen molar-refractivity contribution in [3.63, 3.8) is 0 Å². The molecule has 3 N–H and O–H groups in total. The molecule has 0 spiro atoms. The van der Waals surface area contributed by atoms with E-state index in [1.54, 1.807) is 24.3 Å². The van der Waals surface area contributed by atoms with Gasteiger partial charge in [-0.2, -0.15) is 0 Å². The highest BCUT2D eigenvalue weighted by Crippen LogP contribution is 2.25. The first-order chi connectivity index (χ1) is 5.79. The zero-order chi connectivity index (χ0) is 10.5. The van der Waals surface area contributed by atoms with E-state index in [0.29, 0.717) is 0 Å². The van der Waals surface area contributed by atoms with Gasteiger partial charge in [-0.1, -0.05) is 23.2 Å². The summed E-state index contributed by atoms with van der Waals surface area (Å²) in [6.07, 6.45) is 0. The molecule has 0 aliphatic carbocycles. The lowest BCUT2D eigenvalue weighted by Gasteiger charge is -1.86. The van der Waals surface area contributed by atoms with Gasteiger partial charge >= 0.3 is 7.82 Å². The van der Waals surface area contributed by atoms with Crippen LogP contribution in [0.15, 0.2) is 24.3 Å². The van der Waals surface area contributed by atoms with Gasteiger partial charge in [0.2, 0.25) is 0 Å². The third kappa shape index (κ3) is 11.9. The van der Waals surface area contributed by atoms with Gasteiger partial charge in [0.15, 0.2) is 0 Å². The standard InChI is InChI=1S/C6H4Cl2.H3O4P/c7-5-1-2-6(8)4-3-5;1-5(2,3)4/h1-4H;(H3,1,2,3,4). The highest BCUT2D eigenvalue weighted by molar-refractivity contribution is 7.45. The molecule has 4 nitrogen and oxygen atoms in total. The number of rotatable bonds is 0. The minimum Gasteiger partial charge on any atom is -0.303 e. The molecule has 0 aromatic heterocycles. The molecule has 13 heavy (non-hydrogen) atoms. The lowest BCUT2D eigenvalue weighted by molar-refractivity contribution is 0.275. The van der Waals surface area contributed by atoms with E-state index in [0.717, 1.165) is 10.0 Å². The number of hydrogen-bond donors (Lipinski definition) is 3. The summed E-state index contributed by atoms with van der Waals surface area (Å²) in [5.41, 5.74) is 0. The Kier molecular flexibility index (Phi) is 5.56. The number of halogens is 2. The molecule has 0 heterocycles. The monoisotopic (exact) mass is 244 g/mol. The summed E-state index contributed by atoms with van der Waals surface area (Å²) in [7, 11) is -4.64. The zero-order valence-corrected chi connectivity index (χ0v) is 8.67. The fourth-order valence-electron chi connectivity index (χ4n) is 0.430. The molecule has 0 saturated heterocycles. The van der Waals surface area contributed by atoms with Gasteiger partial charge in [0, 0.05) is 10.0 Å². The van der Waals surface area contributed by atoms with Crippen LogP contribution in [-0.4, -0.2) is 14.7 Å². The van der Waals surface area contributed by atoms with Crippen molar-refractivity contribution in [2.45, 2.75) is 0 Å². The van der Waals surface area contributed by atoms with Crippen molar-refractivity contribution in [3.8, 4) is 0 Å². The van der Waals surface area contributed by atoms with Crippen molar-refractivity contribution in [1.29, 1.82) is 0 Å². The molecule has 0 bridgehead atoms. The van der Waals surface area contributed by atoms with Crippen molar-refractivity contribution in [3.05, 3.63) is 34.3 Å². The van der Waals surface area contributed by atoms with E-state index in [1.165, 1.54) is 0 Å². The second-order valence-corrected chi connectivity index (χ2v) is 3.85. The lowest BCUT2D eigenvalue weighted by Crippen LogP contribution is -1.66. The van der Waals surface area contributed by atoms with Gasteiger partial charge in [0.1, 0.15) is 0 Å². The first-order valence-corrected chi connectivity index (χ1v) is 5.30. The van der Waals surface area contributed by atoms with Gasteiger partial charge in [-0.05, 0) is 24.3 Å². The van der Waals surface area contributed by atoms with Crippen LogP contribution in [0.25, 0.3) is 0 Å². The van der Waals surface area contributed by atoms with Crippen molar-refractivity contribution in [2.75, 3.05) is 0 Å². The Morgan fingerprint density at radius 1 is 0.923 bits per heavy atom. The first kappa shape index (κ1) is 12.9. The third-order valence-corrected chi connectivity index (χ3v) is 1.31. The smallest absolute Gasteiger partial charge is 0.303 e. The average Bonchev–Trinajstić information content (AvgIpc) is 1.92. The van der Waals surface area contributed by atoms with Gasteiger partial charge in [0.05, 0.1) is 0 Å². The molecule has 0 amide bonds. The molecule has 7 heteroatoms. The topological polar surface area (TPSA) is 77.8 Å². The average molecular weight is 245 g/mol. The van der Waals surface area contributed by atoms with Gasteiger partial charge in [-0.3, -0.25) is 0 Å². The van der Waals surface area contributed by atoms with E-state index in [9.17, 15) is 0 Å². The molecular formula is C6H7Cl2O4P. The van der Waals surface area contributed by atoms with Crippen LogP contribution in [-0.2, 0) is 4.57 Å². The number of hydrogen-bond acceptors (Lipinski definition) is 1. The summed E-state index contributed by atoms with van der Waals surface area (Å²) >= 11 is 11.1. The van der Waals surface area contributed by atoms with E-state index in [-0.39, 0.29) is 0 Å². The Labute approximate surface area is 85.0 Å². The van der Waals surface area contributed by atoms with E-state index in [4.69, 9.17) is 42.4 Å². The fourth-order valence-corrected chi connectivity index (χ4v) is 0.682. The highest BCUT2D eigenvalue weighted by Gasteiger charge is 2.00. The Balaban J connectivity index is 0.000000252. The fraction of sp³-hybridized carbons (Fsp3) is 0. The van der Waals surface area contributed by atoms with Crippen molar-refractivity contribution >= 4 is 31.0 Å². The van der Waals surface area contributed by atoms with Crippen LogP contribution in [0.1, 0.15) is 0 Å². The number of phosphoric acid groups is 1. The van der Waals surface area contributed by atoms with Crippen molar-refractivity contribution in [1.82, 2.24) is 0 Å². The Morgan fingerprint density at radius 3 is 1.23 bits per heavy atom. The molecule has 0 saturated carbocycles. The summed E-state index contributed by atoms with van der Waals surface area (Å²) in [6, 6.07) is 7.02. The molecule has 0 fully saturated rings. The minimum absolute atomic E-state index is 0.717. The van der Waals surface area contributed by atoms with Crippen LogP contribution in [0.5, 0.6) is 0 Å². The van der Waals surface area contributed by atoms with Gasteiger partial charge in [-0.15, -0.1) is 0 Å². The predicted molar refractivity (Wildman–Crippen MR) is 50.7 cm³/mol. The van der Waals surface area contributed by atoms with Gasteiger partial charge in [0.25, 0.3) is 0 Å². The molecule has 0 aliphatic rings. The van der Waals surface area contributed by atoms with Crippen LogP contribution in [0.3, 0.4) is 0 Å². The normalized spacial score (nSPS) is 10.2. The second kappa shape index (κ2) is 5.60. The zero-order valence-electron chi connectivity index (χ0n) is 6.26. The van der Waals surface area contributed by atoms with E-state index < -0.39 is 7.82 Å². The molecule has 0 radical (unpaired) electrons. The summed E-state index contributed by atoms with van der Waals surface area (Å²) < 4.78 is 8.88.